The molecule has 2 heterocycles. The molecule has 4 aromatic rings. The van der Waals surface area contributed by atoms with Gasteiger partial charge in [-0.05, 0) is 62.6 Å². The molecule has 6 rings (SSSR count). The summed E-state index contributed by atoms with van der Waals surface area (Å²) in [6, 6.07) is 25.4. The fourth-order valence-corrected chi connectivity index (χ4v) is 7.60. The van der Waals surface area contributed by atoms with E-state index in [1.807, 2.05) is 7.05 Å². The average Bonchev–Trinajstić information content (AvgIpc) is 3.12. The minimum absolute atomic E-state index is 0.0609. The third kappa shape index (κ3) is 9.71. The Morgan fingerprint density at radius 1 is 0.633 bits per heavy atom. The number of sulfone groups is 2. The summed E-state index contributed by atoms with van der Waals surface area (Å²) in [6.07, 6.45) is 0.152. The smallest absolute Gasteiger partial charge is 0.264 e. The van der Waals surface area contributed by atoms with E-state index in [0.29, 0.717) is 30.4 Å². The van der Waals surface area contributed by atoms with E-state index in [2.05, 4.69) is 11.1 Å². The lowest BCUT2D eigenvalue weighted by atomic mass is 10.2. The number of likely N-dealkylation sites (N-methyl/N-ethyl adjacent to an activating group) is 1. The third-order valence-electron chi connectivity index (χ3n) is 6.89. The van der Waals surface area contributed by atoms with Crippen molar-refractivity contribution in [2.45, 2.75) is 31.8 Å². The van der Waals surface area contributed by atoms with Crippen molar-refractivity contribution >= 4 is 29.8 Å². The molecule has 0 bridgehead atoms. The second-order valence-electron chi connectivity index (χ2n) is 10.5. The van der Waals surface area contributed by atoms with Crippen LogP contribution in [0.3, 0.4) is 0 Å². The highest BCUT2D eigenvalue weighted by atomic mass is 32.2. The first kappa shape index (κ1) is 37.6. The summed E-state index contributed by atoms with van der Waals surface area (Å²) in [6.45, 7) is 0.967. The van der Waals surface area contributed by atoms with Crippen LogP contribution in [0.1, 0.15) is 0 Å². The maximum atomic E-state index is 12.7. The predicted octanol–water partition coefficient (Wildman–Crippen LogP) is 3.09. The summed E-state index contributed by atoms with van der Waals surface area (Å²) in [5.74, 6) is 1.65. The molecule has 2 unspecified atom stereocenters. The second kappa shape index (κ2) is 16.5. The SMILES string of the molecule is CN.CNCC1COc2ccc(S(=O)(=O)c3ccccc3)cc2O1.CS(=O)(=O)OCC1COc2ccc(S(=O)(=O)c3ccccc3)cc2O1. The van der Waals surface area contributed by atoms with Crippen LogP contribution in [0.15, 0.2) is 117 Å². The minimum atomic E-state index is -3.69. The molecule has 2 atom stereocenters. The first-order valence-electron chi connectivity index (χ1n) is 14.9. The Morgan fingerprint density at radius 2 is 1.06 bits per heavy atom. The van der Waals surface area contributed by atoms with Crippen LogP contribution in [-0.2, 0) is 34.0 Å². The Kier molecular flexibility index (Phi) is 12.7. The highest BCUT2D eigenvalue weighted by molar-refractivity contribution is 7.91. The van der Waals surface area contributed by atoms with E-state index in [4.69, 9.17) is 23.1 Å². The number of fused-ring (bicyclic) bond motifs is 2. The van der Waals surface area contributed by atoms with Gasteiger partial charge >= 0.3 is 0 Å². The zero-order chi connectivity index (χ0) is 35.7. The Balaban J connectivity index is 0.000000212. The molecule has 0 fully saturated rings. The Hall–Kier alpha value is -4.19. The average molecular weight is 735 g/mol. The molecular weight excluding hydrogens is 697 g/mol. The standard InChI is InChI=1S/C16H17NO4S.C16H16O7S2.CH5N/c1-17-10-12-11-20-15-8-7-14(9-16(15)21-12)22(18,19)13-5-3-2-4-6-13;1-24(17,18)22-11-12-10-21-15-8-7-14(9-16(15)23-12)25(19,20)13-5-3-2-4-6-13;1-2/h2-9,12,17H,10-11H2,1H3;2-9,12H,10-11H2,1H3;2H2,1H3. The molecule has 13 nitrogen and oxygen atoms in total. The van der Waals surface area contributed by atoms with E-state index in [0.717, 1.165) is 6.26 Å². The normalized spacial score (nSPS) is 16.7. The summed E-state index contributed by atoms with van der Waals surface area (Å²) >= 11 is 0. The van der Waals surface area contributed by atoms with Gasteiger partial charge < -0.3 is 30.0 Å². The molecular formula is C33H38N2O11S3. The van der Waals surface area contributed by atoms with Crippen molar-refractivity contribution in [2.24, 2.45) is 5.73 Å². The molecule has 0 amide bonds. The van der Waals surface area contributed by atoms with Crippen LogP contribution in [0.25, 0.3) is 0 Å². The van der Waals surface area contributed by atoms with Gasteiger partial charge in [0.25, 0.3) is 10.1 Å². The monoisotopic (exact) mass is 734 g/mol. The predicted molar refractivity (Wildman–Crippen MR) is 181 cm³/mol. The van der Waals surface area contributed by atoms with Gasteiger partial charge in [-0.2, -0.15) is 8.42 Å². The zero-order valence-electron chi connectivity index (χ0n) is 27.0. The Labute approximate surface area is 286 Å². The van der Waals surface area contributed by atoms with Gasteiger partial charge in [-0.25, -0.2) is 16.8 Å². The fraction of sp³-hybridized carbons (Fsp3) is 0.273. The van der Waals surface area contributed by atoms with Crippen molar-refractivity contribution in [1.29, 1.82) is 0 Å². The largest absolute Gasteiger partial charge is 0.486 e. The molecule has 3 N–H and O–H groups in total. The third-order valence-corrected chi connectivity index (χ3v) is 11.0. The molecule has 49 heavy (non-hydrogen) atoms. The molecule has 0 aliphatic carbocycles. The summed E-state index contributed by atoms with van der Waals surface area (Å²) in [5.41, 5.74) is 4.50. The number of nitrogens with one attached hydrogen (secondary N) is 1. The van der Waals surface area contributed by atoms with Crippen LogP contribution in [0.2, 0.25) is 0 Å². The van der Waals surface area contributed by atoms with Gasteiger partial charge in [0.15, 0.2) is 29.1 Å². The van der Waals surface area contributed by atoms with Crippen LogP contribution < -0.4 is 30.0 Å². The topological polar surface area (TPSA) is 187 Å². The number of ether oxygens (including phenoxy) is 4. The van der Waals surface area contributed by atoms with Crippen LogP contribution in [-0.4, -0.2) is 84.2 Å². The van der Waals surface area contributed by atoms with Crippen molar-refractivity contribution in [1.82, 2.24) is 5.32 Å². The van der Waals surface area contributed by atoms with Crippen LogP contribution in [0.4, 0.5) is 0 Å². The van der Waals surface area contributed by atoms with Crippen LogP contribution in [0.5, 0.6) is 23.0 Å². The number of benzene rings is 4. The first-order valence-corrected chi connectivity index (χ1v) is 19.7. The Bertz CT molecular complexity index is 2030. The summed E-state index contributed by atoms with van der Waals surface area (Å²) in [4.78, 5) is 0.693. The maximum absolute atomic E-state index is 12.7. The molecule has 16 heteroatoms. The molecule has 0 saturated heterocycles. The molecule has 2 aliphatic rings. The number of hydrogen-bond donors (Lipinski definition) is 2. The van der Waals surface area contributed by atoms with Gasteiger partial charge in [-0.1, -0.05) is 36.4 Å². The summed E-state index contributed by atoms with van der Waals surface area (Å²) in [5, 5.41) is 3.02. The van der Waals surface area contributed by atoms with Gasteiger partial charge in [-0.15, -0.1) is 0 Å². The van der Waals surface area contributed by atoms with E-state index in [-0.39, 0.29) is 44.6 Å². The lowest BCUT2D eigenvalue weighted by Gasteiger charge is -2.26. The highest BCUT2D eigenvalue weighted by Crippen LogP contribution is 2.36. The molecule has 0 spiro atoms. The van der Waals surface area contributed by atoms with E-state index >= 15 is 0 Å². The van der Waals surface area contributed by atoms with E-state index in [1.54, 1.807) is 60.7 Å². The number of rotatable bonds is 9. The van der Waals surface area contributed by atoms with Crippen molar-refractivity contribution in [3.8, 4) is 23.0 Å². The van der Waals surface area contributed by atoms with E-state index in [1.165, 1.54) is 43.4 Å². The fourth-order valence-electron chi connectivity index (χ4n) is 4.61. The van der Waals surface area contributed by atoms with Gasteiger partial charge in [0.05, 0.1) is 25.8 Å². The Morgan fingerprint density at radius 3 is 1.49 bits per heavy atom. The molecule has 2 aliphatic heterocycles. The zero-order valence-corrected chi connectivity index (χ0v) is 29.5. The quantitative estimate of drug-likeness (QED) is 0.239. The molecule has 0 radical (unpaired) electrons. The second-order valence-corrected chi connectivity index (χ2v) is 16.0. The van der Waals surface area contributed by atoms with E-state index < -0.39 is 35.9 Å². The van der Waals surface area contributed by atoms with Gasteiger partial charge in [0.1, 0.15) is 25.9 Å². The minimum Gasteiger partial charge on any atom is -0.486 e. The van der Waals surface area contributed by atoms with Crippen molar-refractivity contribution in [3.63, 3.8) is 0 Å². The van der Waals surface area contributed by atoms with Crippen molar-refractivity contribution in [2.75, 3.05) is 46.7 Å². The first-order chi connectivity index (χ1) is 23.4. The highest BCUT2D eigenvalue weighted by Gasteiger charge is 2.27. The number of nitrogens with two attached hydrogens (primary N) is 1. The molecule has 264 valence electrons. The summed E-state index contributed by atoms with van der Waals surface area (Å²) < 4.78 is 99.9. The van der Waals surface area contributed by atoms with Gasteiger partial charge in [0.2, 0.25) is 19.7 Å². The van der Waals surface area contributed by atoms with Crippen molar-refractivity contribution < 1.29 is 48.4 Å². The lowest BCUT2D eigenvalue weighted by Crippen LogP contribution is -2.37. The van der Waals surface area contributed by atoms with Gasteiger partial charge in [0, 0.05) is 18.7 Å². The number of hydrogen-bond acceptors (Lipinski definition) is 13. The molecule has 0 aromatic heterocycles. The van der Waals surface area contributed by atoms with Crippen molar-refractivity contribution in [3.05, 3.63) is 97.1 Å². The van der Waals surface area contributed by atoms with Gasteiger partial charge in [-0.3, -0.25) is 4.18 Å². The molecule has 0 saturated carbocycles. The van der Waals surface area contributed by atoms with Crippen LogP contribution >= 0.6 is 0 Å². The van der Waals surface area contributed by atoms with Crippen LogP contribution in [0, 0.1) is 0 Å². The molecule has 4 aromatic carbocycles. The van der Waals surface area contributed by atoms with E-state index in [9.17, 15) is 25.3 Å². The maximum Gasteiger partial charge on any atom is 0.264 e. The summed E-state index contributed by atoms with van der Waals surface area (Å²) in [7, 11) is -7.51. The lowest BCUT2D eigenvalue weighted by molar-refractivity contribution is 0.0555.